The first-order chi connectivity index (χ1) is 8.71. The van der Waals surface area contributed by atoms with Crippen molar-refractivity contribution in [1.82, 2.24) is 4.90 Å². The lowest BCUT2D eigenvalue weighted by Crippen LogP contribution is -2.52. The Morgan fingerprint density at radius 1 is 1.42 bits per heavy atom. The zero-order chi connectivity index (χ0) is 14.6. The fourth-order valence-electron chi connectivity index (χ4n) is 1.82. The van der Waals surface area contributed by atoms with Crippen molar-refractivity contribution in [2.24, 2.45) is 5.92 Å². The predicted octanol–water partition coefficient (Wildman–Crippen LogP) is 0.353. The molecule has 1 aliphatic heterocycles. The molecule has 1 aliphatic rings. The van der Waals surface area contributed by atoms with Gasteiger partial charge in [0.15, 0.2) is 9.84 Å². The number of rotatable bonds is 4. The van der Waals surface area contributed by atoms with Crippen LogP contribution < -0.4 is 0 Å². The summed E-state index contributed by atoms with van der Waals surface area (Å²) in [6.45, 7) is 3.96. The van der Waals surface area contributed by atoms with Crippen molar-refractivity contribution in [3.05, 3.63) is 0 Å². The standard InChI is InChI=1S/C11H19NO6S/c1-8(2)6-18-11(15)12-3-4-19(16,17)7-9(12)5-10(13)14/h8-9H,3-7H2,1-2H3,(H,13,14). The monoisotopic (exact) mass is 293 g/mol. The van der Waals surface area contributed by atoms with Crippen molar-refractivity contribution in [1.29, 1.82) is 0 Å². The molecule has 0 spiro atoms. The summed E-state index contributed by atoms with van der Waals surface area (Å²) < 4.78 is 28.0. The molecule has 0 aromatic carbocycles. The SMILES string of the molecule is CC(C)COC(=O)N1CCS(=O)(=O)CC1CC(=O)O. The van der Waals surface area contributed by atoms with Crippen LogP contribution in [-0.4, -0.2) is 61.2 Å². The average molecular weight is 293 g/mol. The zero-order valence-corrected chi connectivity index (χ0v) is 11.9. The summed E-state index contributed by atoms with van der Waals surface area (Å²) in [6, 6.07) is -0.851. The molecular weight excluding hydrogens is 274 g/mol. The van der Waals surface area contributed by atoms with Gasteiger partial charge in [-0.2, -0.15) is 0 Å². The number of ether oxygens (including phenoxy) is 1. The molecule has 1 N–H and O–H groups in total. The lowest BCUT2D eigenvalue weighted by Gasteiger charge is -2.33. The molecule has 19 heavy (non-hydrogen) atoms. The Hall–Kier alpha value is -1.31. The lowest BCUT2D eigenvalue weighted by molar-refractivity contribution is -0.138. The molecule has 1 amide bonds. The third kappa shape index (κ3) is 5.06. The number of carbonyl (C=O) groups excluding carboxylic acids is 1. The van der Waals surface area contributed by atoms with Crippen molar-refractivity contribution in [3.63, 3.8) is 0 Å². The van der Waals surface area contributed by atoms with Gasteiger partial charge >= 0.3 is 12.1 Å². The van der Waals surface area contributed by atoms with E-state index in [1.54, 1.807) is 0 Å². The third-order valence-corrected chi connectivity index (χ3v) is 4.41. The number of hydrogen-bond acceptors (Lipinski definition) is 5. The molecule has 0 saturated carbocycles. The molecule has 0 aliphatic carbocycles. The van der Waals surface area contributed by atoms with Crippen LogP contribution in [0.3, 0.4) is 0 Å². The molecule has 0 radical (unpaired) electrons. The molecule has 0 aromatic heterocycles. The maximum atomic E-state index is 11.8. The minimum atomic E-state index is -3.29. The number of carboxylic acids is 1. The molecule has 0 bridgehead atoms. The minimum Gasteiger partial charge on any atom is -0.481 e. The van der Waals surface area contributed by atoms with E-state index in [-0.39, 0.29) is 30.6 Å². The van der Waals surface area contributed by atoms with Crippen molar-refractivity contribution in [2.75, 3.05) is 24.7 Å². The fourth-order valence-corrected chi connectivity index (χ4v) is 3.34. The van der Waals surface area contributed by atoms with Gasteiger partial charge < -0.3 is 14.7 Å². The van der Waals surface area contributed by atoms with Crippen molar-refractivity contribution < 1.29 is 27.9 Å². The van der Waals surface area contributed by atoms with Crippen LogP contribution in [0.5, 0.6) is 0 Å². The highest BCUT2D eigenvalue weighted by Gasteiger charge is 2.36. The average Bonchev–Trinajstić information content (AvgIpc) is 2.24. The Labute approximate surface area is 112 Å². The van der Waals surface area contributed by atoms with E-state index in [0.717, 1.165) is 0 Å². The largest absolute Gasteiger partial charge is 0.481 e. The van der Waals surface area contributed by atoms with E-state index in [1.807, 2.05) is 13.8 Å². The van der Waals surface area contributed by atoms with Crippen molar-refractivity contribution >= 4 is 21.9 Å². The molecule has 110 valence electrons. The van der Waals surface area contributed by atoms with Crippen LogP contribution in [0, 0.1) is 5.92 Å². The van der Waals surface area contributed by atoms with Crippen LogP contribution in [-0.2, 0) is 19.4 Å². The minimum absolute atomic E-state index is 0.0167. The van der Waals surface area contributed by atoms with Crippen LogP contribution in [0.1, 0.15) is 20.3 Å². The first-order valence-corrected chi connectivity index (χ1v) is 7.89. The predicted molar refractivity (Wildman–Crippen MR) is 67.6 cm³/mol. The molecule has 1 heterocycles. The molecule has 1 atom stereocenters. The fraction of sp³-hybridized carbons (Fsp3) is 0.818. The van der Waals surface area contributed by atoms with E-state index < -0.39 is 34.4 Å². The Bertz CT molecular complexity index is 444. The van der Waals surface area contributed by atoms with Gasteiger partial charge in [0.1, 0.15) is 0 Å². The van der Waals surface area contributed by atoms with Gasteiger partial charge in [-0.1, -0.05) is 13.8 Å². The Morgan fingerprint density at radius 2 is 2.05 bits per heavy atom. The molecular formula is C11H19NO6S. The summed E-state index contributed by atoms with van der Waals surface area (Å²) in [7, 11) is -3.29. The first kappa shape index (κ1) is 15.7. The van der Waals surface area contributed by atoms with Gasteiger partial charge in [0.05, 0.1) is 30.6 Å². The van der Waals surface area contributed by atoms with Gasteiger partial charge in [0, 0.05) is 6.54 Å². The summed E-state index contributed by atoms with van der Waals surface area (Å²) in [5.74, 6) is -1.45. The Kier molecular flexibility index (Phi) is 5.16. The molecule has 1 rings (SSSR count). The van der Waals surface area contributed by atoms with Crippen LogP contribution in [0.15, 0.2) is 0 Å². The Morgan fingerprint density at radius 3 is 2.58 bits per heavy atom. The van der Waals surface area contributed by atoms with Gasteiger partial charge in [-0.05, 0) is 5.92 Å². The summed E-state index contributed by atoms with van der Waals surface area (Å²) in [5.41, 5.74) is 0. The number of sulfone groups is 1. The second-order valence-corrected chi connectivity index (χ2v) is 7.26. The third-order valence-electron chi connectivity index (χ3n) is 2.72. The molecule has 1 fully saturated rings. The number of nitrogens with zero attached hydrogens (tertiary/aromatic N) is 1. The number of carboxylic acid groups (broad SMARTS) is 1. The molecule has 1 unspecified atom stereocenters. The summed E-state index contributed by atoms with van der Waals surface area (Å²) in [6.07, 6.45) is -1.04. The van der Waals surface area contributed by atoms with Crippen molar-refractivity contribution in [3.8, 4) is 0 Å². The zero-order valence-electron chi connectivity index (χ0n) is 11.0. The van der Waals surface area contributed by atoms with Gasteiger partial charge in [0.25, 0.3) is 0 Å². The molecule has 7 nitrogen and oxygen atoms in total. The smallest absolute Gasteiger partial charge is 0.410 e. The normalized spacial score (nSPS) is 22.3. The van der Waals surface area contributed by atoms with E-state index >= 15 is 0 Å². The second-order valence-electron chi connectivity index (χ2n) is 5.03. The molecule has 1 saturated heterocycles. The number of carbonyl (C=O) groups is 2. The summed E-state index contributed by atoms with van der Waals surface area (Å²) in [5, 5.41) is 8.78. The highest BCUT2D eigenvalue weighted by atomic mass is 32.2. The quantitative estimate of drug-likeness (QED) is 0.802. The van der Waals surface area contributed by atoms with Crippen LogP contribution >= 0.6 is 0 Å². The Balaban J connectivity index is 2.73. The number of hydrogen-bond donors (Lipinski definition) is 1. The van der Waals surface area contributed by atoms with Crippen LogP contribution in [0.4, 0.5) is 4.79 Å². The van der Waals surface area contributed by atoms with Crippen LogP contribution in [0.2, 0.25) is 0 Å². The molecule has 0 aromatic rings. The number of amides is 1. The van der Waals surface area contributed by atoms with E-state index in [9.17, 15) is 18.0 Å². The maximum Gasteiger partial charge on any atom is 0.410 e. The highest BCUT2D eigenvalue weighted by molar-refractivity contribution is 7.91. The maximum absolute atomic E-state index is 11.8. The van der Waals surface area contributed by atoms with E-state index in [2.05, 4.69) is 0 Å². The topological polar surface area (TPSA) is 101 Å². The van der Waals surface area contributed by atoms with E-state index in [0.29, 0.717) is 0 Å². The first-order valence-electron chi connectivity index (χ1n) is 6.07. The van der Waals surface area contributed by atoms with Gasteiger partial charge in [-0.15, -0.1) is 0 Å². The molecule has 8 heteroatoms. The second kappa shape index (κ2) is 6.23. The van der Waals surface area contributed by atoms with E-state index in [1.165, 1.54) is 4.90 Å². The van der Waals surface area contributed by atoms with Crippen LogP contribution in [0.25, 0.3) is 0 Å². The summed E-state index contributed by atoms with van der Waals surface area (Å²) in [4.78, 5) is 23.8. The van der Waals surface area contributed by atoms with Gasteiger partial charge in [0.2, 0.25) is 0 Å². The number of aliphatic carboxylic acids is 1. The highest BCUT2D eigenvalue weighted by Crippen LogP contribution is 2.16. The van der Waals surface area contributed by atoms with Gasteiger partial charge in [-0.3, -0.25) is 4.79 Å². The van der Waals surface area contributed by atoms with Gasteiger partial charge in [-0.25, -0.2) is 13.2 Å². The van der Waals surface area contributed by atoms with Crippen molar-refractivity contribution in [2.45, 2.75) is 26.3 Å². The lowest BCUT2D eigenvalue weighted by atomic mass is 10.2. The summed E-state index contributed by atoms with van der Waals surface area (Å²) >= 11 is 0. The van der Waals surface area contributed by atoms with E-state index in [4.69, 9.17) is 9.84 Å².